The lowest BCUT2D eigenvalue weighted by atomic mass is 10.2. The van der Waals surface area contributed by atoms with Crippen LogP contribution >= 0.6 is 0 Å². The number of amides is 1. The molecule has 2 heterocycles. The number of esters is 1. The maximum atomic E-state index is 12.5. The molecule has 1 aliphatic rings. The van der Waals surface area contributed by atoms with E-state index in [1.54, 1.807) is 25.7 Å². The molecule has 0 spiro atoms. The van der Waals surface area contributed by atoms with E-state index in [-0.39, 0.29) is 23.1 Å². The summed E-state index contributed by atoms with van der Waals surface area (Å²) in [5.41, 5.74) is -0.660. The molecule has 1 atom stereocenters. The Balaban J connectivity index is 2.43. The normalized spacial score (nSPS) is 17.0. The number of carbonyl (C=O) groups excluding carboxylic acids is 2. The molecule has 0 radical (unpaired) electrons. The van der Waals surface area contributed by atoms with Gasteiger partial charge in [0.25, 0.3) is 5.88 Å². The molecule has 9 nitrogen and oxygen atoms in total. The van der Waals surface area contributed by atoms with Gasteiger partial charge in [-0.15, -0.1) is 0 Å². The SMILES string of the molecule is COC(=O)c1nc([C@@H]2CCCN2C(=O)OC(C)(C)C)nc(OC)c1OC. The number of nitrogens with zero attached hydrogens (tertiary/aromatic N) is 3. The van der Waals surface area contributed by atoms with Gasteiger partial charge in [0.2, 0.25) is 5.75 Å². The molecule has 0 bridgehead atoms. The maximum absolute atomic E-state index is 12.5. The molecule has 2 rings (SSSR count). The molecular weight excluding hydrogens is 342 g/mol. The van der Waals surface area contributed by atoms with Gasteiger partial charge in [-0.1, -0.05) is 0 Å². The topological polar surface area (TPSA) is 100 Å². The van der Waals surface area contributed by atoms with Crippen LogP contribution in [0.1, 0.15) is 56.0 Å². The Labute approximate surface area is 152 Å². The Morgan fingerprint density at radius 2 is 1.81 bits per heavy atom. The predicted octanol–water partition coefficient (Wildman–Crippen LogP) is 2.35. The second-order valence-electron chi connectivity index (χ2n) is 6.80. The highest BCUT2D eigenvalue weighted by molar-refractivity contribution is 5.91. The van der Waals surface area contributed by atoms with E-state index in [0.717, 1.165) is 6.42 Å². The molecule has 144 valence electrons. The summed E-state index contributed by atoms with van der Waals surface area (Å²) in [6.07, 6.45) is 0.975. The van der Waals surface area contributed by atoms with E-state index in [1.807, 2.05) is 0 Å². The van der Waals surface area contributed by atoms with Crippen molar-refractivity contribution in [3.63, 3.8) is 0 Å². The van der Waals surface area contributed by atoms with Gasteiger partial charge in [0.05, 0.1) is 27.4 Å². The predicted molar refractivity (Wildman–Crippen MR) is 91.4 cm³/mol. The minimum Gasteiger partial charge on any atom is -0.489 e. The van der Waals surface area contributed by atoms with Crippen molar-refractivity contribution in [2.45, 2.75) is 45.3 Å². The lowest BCUT2D eigenvalue weighted by Crippen LogP contribution is -2.37. The molecular formula is C17H25N3O6. The van der Waals surface area contributed by atoms with E-state index in [1.165, 1.54) is 21.3 Å². The van der Waals surface area contributed by atoms with Crippen molar-refractivity contribution in [3.05, 3.63) is 11.5 Å². The fraction of sp³-hybridized carbons (Fsp3) is 0.647. The number of hydrogen-bond donors (Lipinski definition) is 0. The van der Waals surface area contributed by atoms with Crippen molar-refractivity contribution >= 4 is 12.1 Å². The first-order valence-corrected chi connectivity index (χ1v) is 8.29. The molecule has 9 heteroatoms. The Morgan fingerprint density at radius 1 is 1.12 bits per heavy atom. The number of rotatable bonds is 4. The highest BCUT2D eigenvalue weighted by Crippen LogP contribution is 2.35. The van der Waals surface area contributed by atoms with E-state index in [9.17, 15) is 9.59 Å². The highest BCUT2D eigenvalue weighted by Gasteiger charge is 2.36. The minimum absolute atomic E-state index is 0.0483. The highest BCUT2D eigenvalue weighted by atomic mass is 16.6. The summed E-state index contributed by atoms with van der Waals surface area (Å²) < 4.78 is 20.6. The van der Waals surface area contributed by atoms with Gasteiger partial charge in [-0.25, -0.2) is 14.6 Å². The molecule has 1 aromatic heterocycles. The number of ether oxygens (including phenoxy) is 4. The number of methoxy groups -OCH3 is 3. The molecule has 1 aliphatic heterocycles. The summed E-state index contributed by atoms with van der Waals surface area (Å²) in [5, 5.41) is 0. The fourth-order valence-corrected chi connectivity index (χ4v) is 2.73. The molecule has 1 amide bonds. The van der Waals surface area contributed by atoms with Gasteiger partial charge >= 0.3 is 12.1 Å². The van der Waals surface area contributed by atoms with Gasteiger partial charge < -0.3 is 18.9 Å². The van der Waals surface area contributed by atoms with Gasteiger partial charge in [0, 0.05) is 6.54 Å². The summed E-state index contributed by atoms with van der Waals surface area (Å²) >= 11 is 0. The van der Waals surface area contributed by atoms with Gasteiger partial charge in [-0.05, 0) is 33.6 Å². The lowest BCUT2D eigenvalue weighted by molar-refractivity contribution is 0.0217. The Kier molecular flexibility index (Phi) is 5.89. The Morgan fingerprint density at radius 3 is 2.35 bits per heavy atom. The molecule has 0 N–H and O–H groups in total. The van der Waals surface area contributed by atoms with Crippen LogP contribution in [0.3, 0.4) is 0 Å². The number of carbonyl (C=O) groups is 2. The third-order valence-electron chi connectivity index (χ3n) is 3.81. The number of likely N-dealkylation sites (tertiary alicyclic amines) is 1. The van der Waals surface area contributed by atoms with E-state index >= 15 is 0 Å². The van der Waals surface area contributed by atoms with Crippen molar-refractivity contribution in [2.24, 2.45) is 0 Å². The van der Waals surface area contributed by atoms with Crippen LogP contribution in [-0.2, 0) is 9.47 Å². The van der Waals surface area contributed by atoms with Crippen molar-refractivity contribution < 1.29 is 28.5 Å². The number of hydrogen-bond acceptors (Lipinski definition) is 8. The molecule has 0 aromatic carbocycles. The van der Waals surface area contributed by atoms with Gasteiger partial charge in [0.15, 0.2) is 11.5 Å². The maximum Gasteiger partial charge on any atom is 0.410 e. The average molecular weight is 367 g/mol. The quantitative estimate of drug-likeness (QED) is 0.748. The first-order valence-electron chi connectivity index (χ1n) is 8.29. The smallest absolute Gasteiger partial charge is 0.410 e. The standard InChI is InChI=1S/C17H25N3O6/c1-17(2,3)26-16(22)20-9-7-8-10(20)13-18-11(15(21)25-6)12(23-4)14(19-13)24-5/h10H,7-9H2,1-6H3/t10-/m0/s1. The van der Waals surface area contributed by atoms with Crippen LogP contribution in [0.25, 0.3) is 0 Å². The zero-order valence-electron chi connectivity index (χ0n) is 16.0. The summed E-state index contributed by atoms with van der Waals surface area (Å²) in [6.45, 7) is 5.93. The third-order valence-corrected chi connectivity index (χ3v) is 3.81. The van der Waals surface area contributed by atoms with Crippen molar-refractivity contribution in [3.8, 4) is 11.6 Å². The summed E-state index contributed by atoms with van der Waals surface area (Å²) in [5.74, 6) is -0.198. The Hall–Kier alpha value is -2.58. The van der Waals surface area contributed by atoms with E-state index in [0.29, 0.717) is 13.0 Å². The van der Waals surface area contributed by atoms with Crippen LogP contribution in [0.5, 0.6) is 11.6 Å². The van der Waals surface area contributed by atoms with Gasteiger partial charge in [-0.3, -0.25) is 4.90 Å². The first kappa shape index (κ1) is 19.7. The molecule has 0 unspecified atom stereocenters. The zero-order valence-corrected chi connectivity index (χ0v) is 16.0. The van der Waals surface area contributed by atoms with Crippen LogP contribution in [0, 0.1) is 0 Å². The van der Waals surface area contributed by atoms with Gasteiger partial charge in [0.1, 0.15) is 5.60 Å². The summed E-state index contributed by atoms with van der Waals surface area (Å²) in [7, 11) is 4.05. The van der Waals surface area contributed by atoms with E-state index in [4.69, 9.17) is 18.9 Å². The third kappa shape index (κ3) is 4.14. The molecule has 0 aliphatic carbocycles. The number of aromatic nitrogens is 2. The van der Waals surface area contributed by atoms with E-state index < -0.39 is 23.7 Å². The first-order chi connectivity index (χ1) is 12.2. The summed E-state index contributed by atoms with van der Waals surface area (Å²) in [4.78, 5) is 34.8. The second-order valence-corrected chi connectivity index (χ2v) is 6.80. The average Bonchev–Trinajstić information content (AvgIpc) is 3.08. The zero-order chi connectivity index (χ0) is 19.5. The molecule has 1 fully saturated rings. The fourth-order valence-electron chi connectivity index (χ4n) is 2.73. The van der Waals surface area contributed by atoms with Crippen LogP contribution in [0.2, 0.25) is 0 Å². The van der Waals surface area contributed by atoms with Crippen LogP contribution in [0.15, 0.2) is 0 Å². The van der Waals surface area contributed by atoms with Crippen molar-refractivity contribution in [1.82, 2.24) is 14.9 Å². The van der Waals surface area contributed by atoms with Crippen LogP contribution in [0.4, 0.5) is 4.79 Å². The Bertz CT molecular complexity index is 686. The molecule has 1 saturated heterocycles. The van der Waals surface area contributed by atoms with Crippen molar-refractivity contribution in [2.75, 3.05) is 27.9 Å². The molecule has 26 heavy (non-hydrogen) atoms. The van der Waals surface area contributed by atoms with Crippen LogP contribution < -0.4 is 9.47 Å². The summed E-state index contributed by atoms with van der Waals surface area (Å²) in [6, 6.07) is -0.423. The van der Waals surface area contributed by atoms with Crippen molar-refractivity contribution in [1.29, 1.82) is 0 Å². The molecule has 0 saturated carbocycles. The minimum atomic E-state index is -0.675. The van der Waals surface area contributed by atoms with Gasteiger partial charge in [-0.2, -0.15) is 4.98 Å². The molecule has 1 aromatic rings. The van der Waals surface area contributed by atoms with Crippen LogP contribution in [-0.4, -0.2) is 60.4 Å². The van der Waals surface area contributed by atoms with E-state index in [2.05, 4.69) is 9.97 Å². The largest absolute Gasteiger partial charge is 0.489 e. The second kappa shape index (κ2) is 7.76. The monoisotopic (exact) mass is 367 g/mol. The lowest BCUT2D eigenvalue weighted by Gasteiger charge is -2.28.